The van der Waals surface area contributed by atoms with Crippen molar-refractivity contribution in [3.63, 3.8) is 0 Å². The lowest BCUT2D eigenvalue weighted by Crippen LogP contribution is -2.46. The fraction of sp³-hybridized carbons (Fsp3) is 0.417. The van der Waals surface area contributed by atoms with Gasteiger partial charge in [0.25, 0.3) is 0 Å². The van der Waals surface area contributed by atoms with Crippen LogP contribution in [0.25, 0.3) is 6.08 Å². The smallest absolute Gasteiger partial charge is 0.180 e. The highest BCUT2D eigenvalue weighted by molar-refractivity contribution is 6.02. The van der Waals surface area contributed by atoms with E-state index >= 15 is 0 Å². The molecule has 0 N–H and O–H groups in total. The lowest BCUT2D eigenvalue weighted by atomic mass is 9.94. The number of piperazine rings is 1. The summed E-state index contributed by atoms with van der Waals surface area (Å²) < 4.78 is 0. The molecule has 1 aliphatic heterocycles. The molecule has 6 heteroatoms. The molecule has 30 heavy (non-hydrogen) atoms. The number of rotatable bonds is 5. The van der Waals surface area contributed by atoms with E-state index in [1.54, 1.807) is 0 Å². The molecule has 0 spiro atoms. The van der Waals surface area contributed by atoms with Crippen molar-refractivity contribution in [3.8, 4) is 0 Å². The number of pyridine rings is 2. The van der Waals surface area contributed by atoms with Crippen molar-refractivity contribution in [2.24, 2.45) is 0 Å². The lowest BCUT2D eigenvalue weighted by molar-refractivity contribution is -0.114. The van der Waals surface area contributed by atoms with Crippen molar-refractivity contribution >= 4 is 23.3 Å². The lowest BCUT2D eigenvalue weighted by Gasteiger charge is -2.35. The van der Waals surface area contributed by atoms with Gasteiger partial charge in [-0.15, -0.1) is 0 Å². The molecule has 5 rings (SSSR count). The summed E-state index contributed by atoms with van der Waals surface area (Å²) in [6.45, 7) is 6.51. The highest BCUT2D eigenvalue weighted by Crippen LogP contribution is 2.40. The second kappa shape index (κ2) is 7.43. The van der Waals surface area contributed by atoms with E-state index in [-0.39, 0.29) is 11.6 Å². The predicted octanol–water partition coefficient (Wildman–Crippen LogP) is 3.06. The fourth-order valence-corrected chi connectivity index (χ4v) is 4.64. The maximum atomic E-state index is 12.0. The molecule has 3 heterocycles. The van der Waals surface area contributed by atoms with E-state index in [0.717, 1.165) is 48.6 Å². The molecule has 0 amide bonds. The van der Waals surface area contributed by atoms with Gasteiger partial charge in [-0.3, -0.25) is 24.5 Å². The Morgan fingerprint density at radius 2 is 2.03 bits per heavy atom. The average Bonchev–Trinajstić information content (AvgIpc) is 3.56. The van der Waals surface area contributed by atoms with Crippen LogP contribution in [0.2, 0.25) is 0 Å². The minimum absolute atomic E-state index is 0.0849. The molecule has 1 saturated heterocycles. The van der Waals surface area contributed by atoms with E-state index in [4.69, 9.17) is 0 Å². The number of Topliss-reactive ketones (excluding diaryl/α,β-unsaturated/α-hetero) is 2. The maximum Gasteiger partial charge on any atom is 0.180 e. The standard InChI is InChI=1S/C24H26N4O2/c1-3-23(29)19-5-4-18(13-26-19)28-7-6-27(21-11-22(21)28)14-16-9-17-10-24(30)15(2)8-20(17)25-12-16/h4-5,8-9,12-13,21-22H,3,6-7,10-11,14H2,1-2H3/t21-,22+/m0/s1. The van der Waals surface area contributed by atoms with Gasteiger partial charge in [0.15, 0.2) is 11.6 Å². The molecule has 2 aromatic heterocycles. The Kier molecular flexibility index (Phi) is 4.74. The molecule has 2 aromatic rings. The molecular formula is C24H26N4O2. The molecule has 0 aromatic carbocycles. The third-order valence-electron chi connectivity index (χ3n) is 6.50. The Labute approximate surface area is 176 Å². The summed E-state index contributed by atoms with van der Waals surface area (Å²) in [6.07, 6.45) is 7.78. The largest absolute Gasteiger partial charge is 0.364 e. The third-order valence-corrected chi connectivity index (χ3v) is 6.50. The number of carbonyl (C=O) groups excluding carboxylic acids is 2. The van der Waals surface area contributed by atoms with Crippen molar-refractivity contribution < 1.29 is 9.59 Å². The number of nitrogens with zero attached hydrogens (tertiary/aromatic N) is 4. The summed E-state index contributed by atoms with van der Waals surface area (Å²) in [5, 5.41) is 0. The van der Waals surface area contributed by atoms with Crippen LogP contribution >= 0.6 is 0 Å². The predicted molar refractivity (Wildman–Crippen MR) is 115 cm³/mol. The monoisotopic (exact) mass is 402 g/mol. The van der Waals surface area contributed by atoms with Gasteiger partial charge in [0.05, 0.1) is 17.6 Å². The summed E-state index contributed by atoms with van der Waals surface area (Å²) in [4.78, 5) is 37.8. The number of hydrogen-bond donors (Lipinski definition) is 0. The second-order valence-electron chi connectivity index (χ2n) is 8.53. The van der Waals surface area contributed by atoms with E-state index in [1.807, 2.05) is 44.4 Å². The van der Waals surface area contributed by atoms with E-state index in [1.165, 1.54) is 5.56 Å². The summed E-state index contributed by atoms with van der Waals surface area (Å²) in [5.41, 5.74) is 5.60. The van der Waals surface area contributed by atoms with Crippen LogP contribution in [0.4, 0.5) is 5.69 Å². The van der Waals surface area contributed by atoms with Gasteiger partial charge in [-0.1, -0.05) is 13.0 Å². The Morgan fingerprint density at radius 1 is 1.17 bits per heavy atom. The Bertz CT molecular complexity index is 1040. The minimum atomic E-state index is 0.0849. The molecule has 0 bridgehead atoms. The van der Waals surface area contributed by atoms with Gasteiger partial charge < -0.3 is 4.90 Å². The Hall–Kier alpha value is -2.86. The first kappa shape index (κ1) is 19.1. The summed E-state index contributed by atoms with van der Waals surface area (Å²) in [7, 11) is 0. The van der Waals surface area contributed by atoms with Crippen LogP contribution in [0, 0.1) is 0 Å². The zero-order valence-corrected chi connectivity index (χ0v) is 17.5. The normalized spacial score (nSPS) is 22.9. The van der Waals surface area contributed by atoms with Gasteiger partial charge >= 0.3 is 0 Å². The third kappa shape index (κ3) is 3.45. The summed E-state index contributed by atoms with van der Waals surface area (Å²) in [6, 6.07) is 7.07. The van der Waals surface area contributed by atoms with Crippen LogP contribution in [0.15, 0.2) is 36.2 Å². The maximum absolute atomic E-state index is 12.0. The number of carbonyl (C=O) groups is 2. The first-order valence-electron chi connectivity index (χ1n) is 10.7. The first-order valence-corrected chi connectivity index (χ1v) is 10.7. The van der Waals surface area contributed by atoms with Crippen molar-refractivity contribution in [2.75, 3.05) is 18.0 Å². The molecule has 0 radical (unpaired) electrons. The quantitative estimate of drug-likeness (QED) is 0.716. The number of allylic oxidation sites excluding steroid dienone is 1. The number of fused-ring (bicyclic) bond motifs is 2. The highest BCUT2D eigenvalue weighted by Gasteiger charge is 2.48. The van der Waals surface area contributed by atoms with Crippen molar-refractivity contribution in [2.45, 2.75) is 51.7 Å². The zero-order valence-electron chi connectivity index (χ0n) is 17.5. The summed E-state index contributed by atoms with van der Waals surface area (Å²) >= 11 is 0. The number of anilines is 1. The van der Waals surface area contributed by atoms with Gasteiger partial charge in [0.2, 0.25) is 0 Å². The van der Waals surface area contributed by atoms with E-state index in [9.17, 15) is 9.59 Å². The van der Waals surface area contributed by atoms with Crippen LogP contribution in [-0.2, 0) is 17.8 Å². The van der Waals surface area contributed by atoms with Gasteiger partial charge in [0, 0.05) is 50.8 Å². The number of ketones is 2. The van der Waals surface area contributed by atoms with Crippen molar-refractivity contribution in [1.82, 2.24) is 14.9 Å². The Morgan fingerprint density at radius 3 is 2.80 bits per heavy atom. The highest BCUT2D eigenvalue weighted by atomic mass is 16.1. The first-order chi connectivity index (χ1) is 14.5. The van der Waals surface area contributed by atoms with Crippen LogP contribution in [0.5, 0.6) is 0 Å². The Balaban J connectivity index is 1.25. The van der Waals surface area contributed by atoms with E-state index < -0.39 is 0 Å². The molecule has 3 aliphatic rings. The van der Waals surface area contributed by atoms with Gasteiger partial charge in [0.1, 0.15) is 5.69 Å². The molecule has 2 atom stereocenters. The topological polar surface area (TPSA) is 66.4 Å². The average molecular weight is 402 g/mol. The van der Waals surface area contributed by atoms with E-state index in [0.29, 0.717) is 30.6 Å². The van der Waals surface area contributed by atoms with Crippen LogP contribution < -0.4 is 4.90 Å². The second-order valence-corrected chi connectivity index (χ2v) is 8.53. The van der Waals surface area contributed by atoms with E-state index in [2.05, 4.69) is 25.8 Å². The molecule has 1 saturated carbocycles. The minimum Gasteiger partial charge on any atom is -0.364 e. The fourth-order valence-electron chi connectivity index (χ4n) is 4.64. The van der Waals surface area contributed by atoms with Gasteiger partial charge in [-0.25, -0.2) is 0 Å². The molecule has 2 aliphatic carbocycles. The molecule has 2 fully saturated rings. The number of aromatic nitrogens is 2. The molecule has 0 unspecified atom stereocenters. The van der Waals surface area contributed by atoms with Crippen molar-refractivity contribution in [1.29, 1.82) is 0 Å². The van der Waals surface area contributed by atoms with Crippen LogP contribution in [-0.4, -0.2) is 51.6 Å². The molecule has 154 valence electrons. The summed E-state index contributed by atoms with van der Waals surface area (Å²) in [5.74, 6) is 0.277. The zero-order chi connectivity index (χ0) is 20.8. The van der Waals surface area contributed by atoms with Crippen LogP contribution in [0.1, 0.15) is 54.0 Å². The van der Waals surface area contributed by atoms with Crippen molar-refractivity contribution in [3.05, 3.63) is 58.7 Å². The van der Waals surface area contributed by atoms with Crippen LogP contribution in [0.3, 0.4) is 0 Å². The SMILES string of the molecule is CCC(=O)c1ccc(N2CCN(Cc3cnc4c(c3)CC(=O)C(C)=C4)[C@H]3C[C@H]32)cn1. The van der Waals surface area contributed by atoms with Gasteiger partial charge in [-0.2, -0.15) is 0 Å². The molecule has 6 nitrogen and oxygen atoms in total. The molecular weight excluding hydrogens is 376 g/mol. The number of hydrogen-bond acceptors (Lipinski definition) is 6. The van der Waals surface area contributed by atoms with Gasteiger partial charge in [-0.05, 0) is 48.3 Å².